The molecule has 0 spiro atoms. The van der Waals surface area contributed by atoms with Gasteiger partial charge in [0.15, 0.2) is 5.78 Å². The third-order valence-corrected chi connectivity index (χ3v) is 2.85. The Balaban J connectivity index is 2.59. The summed E-state index contributed by atoms with van der Waals surface area (Å²) in [5.41, 5.74) is 1.79. The summed E-state index contributed by atoms with van der Waals surface area (Å²) in [4.78, 5) is 11.4. The van der Waals surface area contributed by atoms with Crippen molar-refractivity contribution in [1.29, 1.82) is 0 Å². The Morgan fingerprint density at radius 2 is 1.93 bits per heavy atom. The lowest BCUT2D eigenvalue weighted by atomic mass is 10.00. The molecule has 0 aromatic heterocycles. The van der Waals surface area contributed by atoms with Gasteiger partial charge in [-0.1, -0.05) is 12.5 Å². The molecule has 0 aromatic carbocycles. The molecule has 0 aromatic rings. The first-order chi connectivity index (χ1) is 6.56. The van der Waals surface area contributed by atoms with Crippen LogP contribution in [0.3, 0.4) is 0 Å². The van der Waals surface area contributed by atoms with Gasteiger partial charge in [0.05, 0.1) is 12.2 Å². The summed E-state index contributed by atoms with van der Waals surface area (Å²) >= 11 is 0. The maximum atomic E-state index is 11.4. The van der Waals surface area contributed by atoms with Crippen LogP contribution in [0.2, 0.25) is 0 Å². The minimum absolute atomic E-state index is 0.129. The fourth-order valence-corrected chi connectivity index (χ4v) is 1.75. The number of hydrogen-bond donors (Lipinski definition) is 2. The zero-order valence-electron chi connectivity index (χ0n) is 8.79. The maximum Gasteiger partial charge on any atom is 0.159 e. The van der Waals surface area contributed by atoms with Crippen molar-refractivity contribution in [1.82, 2.24) is 0 Å². The first kappa shape index (κ1) is 11.4. The van der Waals surface area contributed by atoms with Crippen molar-refractivity contribution in [3.05, 3.63) is 11.1 Å². The van der Waals surface area contributed by atoms with Crippen molar-refractivity contribution < 1.29 is 15.0 Å². The molecule has 14 heavy (non-hydrogen) atoms. The largest absolute Gasteiger partial charge is 0.390 e. The van der Waals surface area contributed by atoms with Gasteiger partial charge >= 0.3 is 0 Å². The van der Waals surface area contributed by atoms with E-state index in [2.05, 4.69) is 0 Å². The lowest BCUT2D eigenvalue weighted by molar-refractivity contribution is -0.115. The average Bonchev–Trinajstić information content (AvgIpc) is 2.48. The minimum Gasteiger partial charge on any atom is -0.390 e. The normalized spacial score (nSPS) is 21.6. The van der Waals surface area contributed by atoms with Crippen molar-refractivity contribution in [2.45, 2.75) is 51.7 Å². The Labute approximate surface area is 84.4 Å². The third-order valence-electron chi connectivity index (χ3n) is 2.85. The molecule has 0 saturated carbocycles. The first-order valence-corrected chi connectivity index (χ1v) is 5.14. The van der Waals surface area contributed by atoms with Gasteiger partial charge in [-0.15, -0.1) is 0 Å². The number of aliphatic hydroxyl groups is 2. The van der Waals surface area contributed by atoms with Crippen molar-refractivity contribution in [2.75, 3.05) is 0 Å². The van der Waals surface area contributed by atoms with Crippen LogP contribution < -0.4 is 0 Å². The Morgan fingerprint density at radius 1 is 1.29 bits per heavy atom. The Kier molecular flexibility index (Phi) is 3.84. The zero-order chi connectivity index (χ0) is 10.7. The quantitative estimate of drug-likeness (QED) is 0.713. The van der Waals surface area contributed by atoms with E-state index in [1.54, 1.807) is 0 Å². The van der Waals surface area contributed by atoms with Gasteiger partial charge in [0.1, 0.15) is 0 Å². The molecule has 3 nitrogen and oxygen atoms in total. The van der Waals surface area contributed by atoms with Crippen LogP contribution in [0, 0.1) is 0 Å². The highest BCUT2D eigenvalue weighted by Crippen LogP contribution is 2.26. The van der Waals surface area contributed by atoms with Crippen molar-refractivity contribution in [3.63, 3.8) is 0 Å². The number of ketones is 1. The Morgan fingerprint density at radius 3 is 2.36 bits per heavy atom. The molecule has 0 radical (unpaired) electrons. The summed E-state index contributed by atoms with van der Waals surface area (Å²) in [5.74, 6) is 0.129. The highest BCUT2D eigenvalue weighted by atomic mass is 16.3. The van der Waals surface area contributed by atoms with Crippen molar-refractivity contribution in [3.8, 4) is 0 Å². The molecule has 0 amide bonds. The molecule has 80 valence electrons. The summed E-state index contributed by atoms with van der Waals surface area (Å²) in [6.07, 6.45) is 0.677. The summed E-state index contributed by atoms with van der Waals surface area (Å²) in [7, 11) is 0. The van der Waals surface area contributed by atoms with Gasteiger partial charge in [-0.3, -0.25) is 4.79 Å². The summed E-state index contributed by atoms with van der Waals surface area (Å²) in [6.45, 7) is 3.73. The van der Waals surface area contributed by atoms with Crippen molar-refractivity contribution >= 4 is 5.78 Å². The number of allylic oxidation sites excluding steroid dienone is 1. The average molecular weight is 198 g/mol. The van der Waals surface area contributed by atoms with E-state index in [4.69, 9.17) is 0 Å². The molecular weight excluding hydrogens is 180 g/mol. The van der Waals surface area contributed by atoms with Gasteiger partial charge < -0.3 is 10.2 Å². The first-order valence-electron chi connectivity index (χ1n) is 5.14. The van der Waals surface area contributed by atoms with Crippen LogP contribution in [0.4, 0.5) is 0 Å². The zero-order valence-corrected chi connectivity index (χ0v) is 8.79. The van der Waals surface area contributed by atoms with E-state index in [9.17, 15) is 15.0 Å². The second-order valence-electron chi connectivity index (χ2n) is 3.93. The molecule has 0 fully saturated rings. The van der Waals surface area contributed by atoms with Gasteiger partial charge in [-0.25, -0.2) is 0 Å². The van der Waals surface area contributed by atoms with Crippen LogP contribution in [0.1, 0.15) is 39.5 Å². The lowest BCUT2D eigenvalue weighted by Gasteiger charge is -2.16. The van der Waals surface area contributed by atoms with Gasteiger partial charge in [0, 0.05) is 12.8 Å². The SMILES string of the molecule is CC[C@@H](O)[C@H](O)CC1=C(C)CCC1=O. The number of hydrogen-bond acceptors (Lipinski definition) is 3. The fraction of sp³-hybridized carbons (Fsp3) is 0.727. The van der Waals surface area contributed by atoms with Crippen LogP contribution in [0.15, 0.2) is 11.1 Å². The van der Waals surface area contributed by atoms with E-state index in [1.165, 1.54) is 0 Å². The van der Waals surface area contributed by atoms with Crippen LogP contribution in [0.25, 0.3) is 0 Å². The highest BCUT2D eigenvalue weighted by molar-refractivity contribution is 5.98. The number of carbonyl (C=O) groups excluding carboxylic acids is 1. The predicted octanol–water partition coefficient (Wildman–Crippen LogP) is 1.19. The van der Waals surface area contributed by atoms with E-state index < -0.39 is 12.2 Å². The number of Topliss-reactive ketones (excluding diaryl/α,β-unsaturated/α-hetero) is 1. The summed E-state index contributed by atoms with van der Waals surface area (Å²) in [5, 5.41) is 19.0. The van der Waals surface area contributed by atoms with Gasteiger partial charge in [0.2, 0.25) is 0 Å². The van der Waals surface area contributed by atoms with E-state index in [1.807, 2.05) is 13.8 Å². The van der Waals surface area contributed by atoms with E-state index >= 15 is 0 Å². The smallest absolute Gasteiger partial charge is 0.159 e. The molecule has 1 aliphatic rings. The molecule has 0 unspecified atom stereocenters. The molecular formula is C11H18O3. The number of rotatable bonds is 4. The molecule has 0 heterocycles. The van der Waals surface area contributed by atoms with E-state index in [0.29, 0.717) is 19.3 Å². The van der Waals surface area contributed by atoms with Gasteiger partial charge in [-0.05, 0) is 25.3 Å². The molecule has 3 heteroatoms. The Hall–Kier alpha value is -0.670. The molecule has 0 aliphatic heterocycles. The lowest BCUT2D eigenvalue weighted by Crippen LogP contribution is -2.26. The predicted molar refractivity (Wildman–Crippen MR) is 53.9 cm³/mol. The van der Waals surface area contributed by atoms with Crippen molar-refractivity contribution in [2.24, 2.45) is 0 Å². The molecule has 1 rings (SSSR count). The van der Waals surface area contributed by atoms with Gasteiger partial charge in [-0.2, -0.15) is 0 Å². The fourth-order valence-electron chi connectivity index (χ4n) is 1.75. The third kappa shape index (κ3) is 2.42. The monoisotopic (exact) mass is 198 g/mol. The van der Waals surface area contributed by atoms with Crippen LogP contribution in [-0.4, -0.2) is 28.2 Å². The molecule has 1 aliphatic carbocycles. The van der Waals surface area contributed by atoms with Crippen LogP contribution in [0.5, 0.6) is 0 Å². The molecule has 2 atom stereocenters. The van der Waals surface area contributed by atoms with Gasteiger partial charge in [0.25, 0.3) is 0 Å². The maximum absolute atomic E-state index is 11.4. The van der Waals surface area contributed by atoms with E-state index in [0.717, 1.165) is 17.6 Å². The number of carbonyl (C=O) groups is 1. The molecule has 0 bridgehead atoms. The second kappa shape index (κ2) is 4.71. The molecule has 0 saturated heterocycles. The summed E-state index contributed by atoms with van der Waals surface area (Å²) < 4.78 is 0. The minimum atomic E-state index is -0.799. The van der Waals surface area contributed by atoms with Crippen LogP contribution >= 0.6 is 0 Å². The van der Waals surface area contributed by atoms with Crippen LogP contribution in [-0.2, 0) is 4.79 Å². The van der Waals surface area contributed by atoms with E-state index in [-0.39, 0.29) is 5.78 Å². The number of aliphatic hydroxyl groups excluding tert-OH is 2. The highest BCUT2D eigenvalue weighted by Gasteiger charge is 2.24. The topological polar surface area (TPSA) is 57.5 Å². The standard InChI is InChI=1S/C11H18O3/c1-3-9(12)11(14)6-8-7(2)4-5-10(8)13/h9,11-12,14H,3-6H2,1-2H3/t9-,11-/m1/s1. The second-order valence-corrected chi connectivity index (χ2v) is 3.93. The molecule has 2 N–H and O–H groups in total. The summed E-state index contributed by atoms with van der Waals surface area (Å²) in [6, 6.07) is 0. The Bertz CT molecular complexity index is 255.